The van der Waals surface area contributed by atoms with Crippen LogP contribution in [0.25, 0.3) is 11.0 Å². The first-order chi connectivity index (χ1) is 9.58. The second-order valence-corrected chi connectivity index (χ2v) is 5.40. The number of rotatable bonds is 2. The van der Waals surface area contributed by atoms with E-state index in [9.17, 15) is 5.26 Å². The Kier molecular flexibility index (Phi) is 2.88. The number of benzene rings is 1. The van der Waals surface area contributed by atoms with Crippen LogP contribution in [0.3, 0.4) is 0 Å². The zero-order valence-corrected chi connectivity index (χ0v) is 11.8. The van der Waals surface area contributed by atoms with Crippen molar-refractivity contribution in [3.63, 3.8) is 0 Å². The molecule has 0 atom stereocenters. The molecular weight excluding hydrogens is 272 g/mol. The van der Waals surface area contributed by atoms with E-state index < -0.39 is 0 Å². The number of H-pyrrole nitrogens is 1. The molecule has 2 aromatic heterocycles. The van der Waals surface area contributed by atoms with Crippen molar-refractivity contribution >= 4 is 28.5 Å². The fourth-order valence-corrected chi connectivity index (χ4v) is 2.98. The van der Waals surface area contributed by atoms with E-state index in [4.69, 9.17) is 5.73 Å². The number of hydrogen-bond acceptors (Lipinski definition) is 5. The third-order valence-electron chi connectivity index (χ3n) is 2.96. The molecule has 3 rings (SSSR count). The first kappa shape index (κ1) is 12.6. The molecule has 3 N–H and O–H groups in total. The van der Waals surface area contributed by atoms with Crippen LogP contribution in [0.15, 0.2) is 28.4 Å². The maximum atomic E-state index is 9.20. The summed E-state index contributed by atoms with van der Waals surface area (Å²) in [5, 5.41) is 14.9. The molecule has 3 aromatic rings. The van der Waals surface area contributed by atoms with Gasteiger partial charge in [-0.25, -0.2) is 4.98 Å². The summed E-state index contributed by atoms with van der Waals surface area (Å²) in [6, 6.07) is 7.70. The van der Waals surface area contributed by atoms with Gasteiger partial charge in [-0.1, -0.05) is 0 Å². The lowest BCUT2D eigenvalue weighted by atomic mass is 10.3. The summed E-state index contributed by atoms with van der Waals surface area (Å²) in [4.78, 5) is 7.67. The van der Waals surface area contributed by atoms with Crippen LogP contribution in [0, 0.1) is 18.3 Å². The molecule has 0 aliphatic heterocycles. The summed E-state index contributed by atoms with van der Waals surface area (Å²) >= 11 is 1.39. The van der Waals surface area contributed by atoms with Gasteiger partial charge in [0.1, 0.15) is 16.7 Å². The Morgan fingerprint density at radius 3 is 3.00 bits per heavy atom. The van der Waals surface area contributed by atoms with Crippen LogP contribution in [-0.2, 0) is 7.05 Å². The zero-order valence-electron chi connectivity index (χ0n) is 11.0. The molecule has 7 heteroatoms. The number of aryl methyl sites for hydroxylation is 2. The smallest absolute Gasteiger partial charge is 0.172 e. The van der Waals surface area contributed by atoms with Crippen LogP contribution in [0.2, 0.25) is 0 Å². The van der Waals surface area contributed by atoms with Gasteiger partial charge in [-0.05, 0) is 36.9 Å². The molecule has 0 fully saturated rings. The predicted octanol–water partition coefficient (Wildman–Crippen LogP) is 2.21. The average molecular weight is 284 g/mol. The van der Waals surface area contributed by atoms with Gasteiger partial charge in [-0.2, -0.15) is 10.4 Å². The van der Waals surface area contributed by atoms with E-state index in [0.29, 0.717) is 16.4 Å². The molecule has 6 nitrogen and oxygen atoms in total. The molecule has 0 saturated carbocycles. The molecule has 0 saturated heterocycles. The number of aromatic amines is 1. The van der Waals surface area contributed by atoms with Gasteiger partial charge < -0.3 is 10.7 Å². The van der Waals surface area contributed by atoms with Crippen molar-refractivity contribution in [1.82, 2.24) is 19.7 Å². The Morgan fingerprint density at radius 1 is 1.45 bits per heavy atom. The minimum atomic E-state index is 0.581. The summed E-state index contributed by atoms with van der Waals surface area (Å²) < 4.78 is 1.69. The molecule has 0 amide bonds. The Labute approximate surface area is 119 Å². The van der Waals surface area contributed by atoms with Crippen LogP contribution in [0.1, 0.15) is 11.3 Å². The number of nitrogens with zero attached hydrogens (tertiary/aromatic N) is 4. The van der Waals surface area contributed by atoms with Gasteiger partial charge in [0.2, 0.25) is 0 Å². The number of fused-ring (bicyclic) bond motifs is 1. The summed E-state index contributed by atoms with van der Waals surface area (Å²) in [6.45, 7) is 1.82. The number of hydrogen-bond donors (Lipinski definition) is 2. The number of imidazole rings is 1. The molecule has 0 aliphatic carbocycles. The number of nitrogens with two attached hydrogens (primary N) is 1. The Balaban J connectivity index is 2.03. The monoisotopic (exact) mass is 284 g/mol. The van der Waals surface area contributed by atoms with E-state index >= 15 is 0 Å². The molecule has 0 unspecified atom stereocenters. The molecular formula is C13H12N6S. The average Bonchev–Trinajstić information content (AvgIpc) is 2.90. The van der Waals surface area contributed by atoms with E-state index in [1.807, 2.05) is 32.2 Å². The number of anilines is 1. The van der Waals surface area contributed by atoms with Crippen molar-refractivity contribution in [3.8, 4) is 6.07 Å². The topological polar surface area (TPSA) is 96.3 Å². The van der Waals surface area contributed by atoms with Gasteiger partial charge >= 0.3 is 0 Å². The number of nitriles is 1. The van der Waals surface area contributed by atoms with Crippen molar-refractivity contribution < 1.29 is 0 Å². The lowest BCUT2D eigenvalue weighted by molar-refractivity contribution is 0.691. The number of nitrogen functional groups attached to an aromatic ring is 1. The molecule has 0 spiro atoms. The van der Waals surface area contributed by atoms with Crippen molar-refractivity contribution in [2.45, 2.75) is 17.1 Å². The fourth-order valence-electron chi connectivity index (χ4n) is 2.03. The van der Waals surface area contributed by atoms with E-state index in [1.165, 1.54) is 11.8 Å². The maximum absolute atomic E-state index is 9.20. The second-order valence-electron chi connectivity index (χ2n) is 4.42. The largest absolute Gasteiger partial charge is 0.399 e. The fraction of sp³-hybridized carbons (Fsp3) is 0.154. The first-order valence-electron chi connectivity index (χ1n) is 5.95. The van der Waals surface area contributed by atoms with Gasteiger partial charge in [0.15, 0.2) is 5.16 Å². The van der Waals surface area contributed by atoms with Crippen LogP contribution in [-0.4, -0.2) is 19.7 Å². The van der Waals surface area contributed by atoms with Crippen LogP contribution < -0.4 is 5.73 Å². The van der Waals surface area contributed by atoms with Crippen LogP contribution in [0.5, 0.6) is 0 Å². The first-order valence-corrected chi connectivity index (χ1v) is 6.77. The summed E-state index contributed by atoms with van der Waals surface area (Å²) in [5.41, 5.74) is 9.46. The van der Waals surface area contributed by atoms with Gasteiger partial charge in [0.05, 0.1) is 16.7 Å². The van der Waals surface area contributed by atoms with E-state index in [-0.39, 0.29) is 0 Å². The van der Waals surface area contributed by atoms with Crippen LogP contribution >= 0.6 is 11.8 Å². The predicted molar refractivity (Wildman–Crippen MR) is 77.3 cm³/mol. The van der Waals surface area contributed by atoms with Crippen molar-refractivity contribution in [1.29, 1.82) is 5.26 Å². The second kappa shape index (κ2) is 4.58. The summed E-state index contributed by atoms with van der Waals surface area (Å²) in [7, 11) is 1.82. The lowest BCUT2D eigenvalue weighted by Crippen LogP contribution is -1.93. The third-order valence-corrected chi connectivity index (χ3v) is 4.01. The van der Waals surface area contributed by atoms with Crippen molar-refractivity contribution in [2.75, 3.05) is 5.73 Å². The highest BCUT2D eigenvalue weighted by atomic mass is 32.2. The zero-order chi connectivity index (χ0) is 14.3. The minimum absolute atomic E-state index is 0.581. The normalized spacial score (nSPS) is 10.8. The van der Waals surface area contributed by atoms with Gasteiger partial charge in [-0.15, -0.1) is 0 Å². The van der Waals surface area contributed by atoms with Gasteiger partial charge in [0.25, 0.3) is 0 Å². The quantitative estimate of drug-likeness (QED) is 0.703. The summed E-state index contributed by atoms with van der Waals surface area (Å²) in [5.74, 6) is 0. The highest BCUT2D eigenvalue weighted by Gasteiger charge is 2.16. The molecule has 2 heterocycles. The van der Waals surface area contributed by atoms with Crippen LogP contribution in [0.4, 0.5) is 5.69 Å². The molecule has 0 aliphatic rings. The van der Waals surface area contributed by atoms with E-state index in [1.54, 1.807) is 4.68 Å². The van der Waals surface area contributed by atoms with Crippen molar-refractivity contribution in [2.24, 2.45) is 7.05 Å². The minimum Gasteiger partial charge on any atom is -0.399 e. The molecule has 0 radical (unpaired) electrons. The van der Waals surface area contributed by atoms with Gasteiger partial charge in [0, 0.05) is 12.7 Å². The Bertz CT molecular complexity index is 839. The number of nitrogens with one attached hydrogen (secondary N) is 1. The van der Waals surface area contributed by atoms with Crippen molar-refractivity contribution in [3.05, 3.63) is 29.5 Å². The standard InChI is InChI=1S/C13H12N6S/c1-7-9(6-14)12(19(2)18-7)20-13-16-10-4-3-8(15)5-11(10)17-13/h3-5H,15H2,1-2H3,(H,16,17). The highest BCUT2D eigenvalue weighted by molar-refractivity contribution is 7.99. The number of aromatic nitrogens is 4. The lowest BCUT2D eigenvalue weighted by Gasteiger charge is -1.98. The molecule has 0 bridgehead atoms. The van der Waals surface area contributed by atoms with E-state index in [0.717, 1.165) is 21.8 Å². The molecule has 100 valence electrons. The SMILES string of the molecule is Cc1nn(C)c(Sc2nc3ccc(N)cc3[nH]2)c1C#N. The Morgan fingerprint density at radius 2 is 2.25 bits per heavy atom. The van der Waals surface area contributed by atoms with E-state index in [2.05, 4.69) is 21.1 Å². The van der Waals surface area contributed by atoms with Gasteiger partial charge in [-0.3, -0.25) is 4.68 Å². The third kappa shape index (κ3) is 2.00. The maximum Gasteiger partial charge on any atom is 0.172 e. The summed E-state index contributed by atoms with van der Waals surface area (Å²) in [6.07, 6.45) is 0. The Hall–Kier alpha value is -2.46. The molecule has 20 heavy (non-hydrogen) atoms. The highest BCUT2D eigenvalue weighted by Crippen LogP contribution is 2.31. The molecule has 1 aromatic carbocycles.